The minimum atomic E-state index is -0.417. The molecule has 1 saturated heterocycles. The van der Waals surface area contributed by atoms with Crippen molar-refractivity contribution in [1.29, 1.82) is 0 Å². The average molecular weight is 451 g/mol. The Balaban J connectivity index is 1.36. The second-order valence-corrected chi connectivity index (χ2v) is 8.20. The molecule has 2 heterocycles. The first-order chi connectivity index (χ1) is 15.4. The Morgan fingerprint density at radius 2 is 1.78 bits per heavy atom. The van der Waals surface area contributed by atoms with Gasteiger partial charge in [0, 0.05) is 55.2 Å². The van der Waals surface area contributed by atoms with Crippen LogP contribution in [-0.2, 0) is 9.59 Å². The van der Waals surface area contributed by atoms with Crippen molar-refractivity contribution in [2.24, 2.45) is 5.92 Å². The number of amides is 2. The molecule has 32 heavy (non-hydrogen) atoms. The SMILES string of the molecule is CN(C)c1cnnc(Nc2ccc(NC(=O)C3CC(=O)N(c4ccc(Cl)cc4)C3)cc2)c1. The van der Waals surface area contributed by atoms with E-state index in [9.17, 15) is 9.59 Å². The van der Waals surface area contributed by atoms with Crippen molar-refractivity contribution in [1.82, 2.24) is 10.2 Å². The lowest BCUT2D eigenvalue weighted by atomic mass is 10.1. The van der Waals surface area contributed by atoms with Gasteiger partial charge >= 0.3 is 0 Å². The lowest BCUT2D eigenvalue weighted by Crippen LogP contribution is -2.28. The predicted octanol–water partition coefficient (Wildman–Crippen LogP) is 3.93. The molecule has 0 spiro atoms. The van der Waals surface area contributed by atoms with Gasteiger partial charge < -0.3 is 20.4 Å². The molecule has 2 aromatic carbocycles. The number of carbonyl (C=O) groups is 2. The Morgan fingerprint density at radius 1 is 1.09 bits per heavy atom. The van der Waals surface area contributed by atoms with Gasteiger partial charge in [0.2, 0.25) is 11.8 Å². The average Bonchev–Trinajstić information content (AvgIpc) is 3.17. The Morgan fingerprint density at radius 3 is 2.47 bits per heavy atom. The van der Waals surface area contributed by atoms with E-state index < -0.39 is 5.92 Å². The summed E-state index contributed by atoms with van der Waals surface area (Å²) in [5, 5.41) is 14.8. The number of carbonyl (C=O) groups excluding carboxylic acids is 2. The number of rotatable bonds is 6. The molecule has 2 N–H and O–H groups in total. The van der Waals surface area contributed by atoms with Crippen LogP contribution in [0.5, 0.6) is 0 Å². The molecule has 0 saturated carbocycles. The van der Waals surface area contributed by atoms with E-state index in [1.165, 1.54) is 0 Å². The van der Waals surface area contributed by atoms with Crippen LogP contribution in [-0.4, -0.2) is 42.7 Å². The number of aromatic nitrogens is 2. The number of benzene rings is 2. The zero-order valence-electron chi connectivity index (χ0n) is 17.7. The zero-order valence-corrected chi connectivity index (χ0v) is 18.5. The fourth-order valence-electron chi connectivity index (χ4n) is 3.44. The lowest BCUT2D eigenvalue weighted by Gasteiger charge is -2.17. The van der Waals surface area contributed by atoms with Crippen molar-refractivity contribution in [3.8, 4) is 0 Å². The van der Waals surface area contributed by atoms with Gasteiger partial charge in [-0.2, -0.15) is 5.10 Å². The van der Waals surface area contributed by atoms with Gasteiger partial charge in [-0.3, -0.25) is 9.59 Å². The van der Waals surface area contributed by atoms with Crippen LogP contribution in [0.4, 0.5) is 28.6 Å². The molecule has 1 fully saturated rings. The highest BCUT2D eigenvalue weighted by atomic mass is 35.5. The molecule has 0 bridgehead atoms. The molecule has 164 valence electrons. The standard InChI is InChI=1S/C23H23ClN6O2/c1-29(2)20-12-21(28-25-13-20)26-17-5-7-18(8-6-17)27-23(32)15-11-22(31)30(14-15)19-9-3-16(24)4-10-19/h3-10,12-13,15H,11,14H2,1-2H3,(H,26,28)(H,27,32). The van der Waals surface area contributed by atoms with Crippen LogP contribution in [0.3, 0.4) is 0 Å². The van der Waals surface area contributed by atoms with E-state index >= 15 is 0 Å². The normalized spacial score (nSPS) is 15.5. The monoisotopic (exact) mass is 450 g/mol. The van der Waals surface area contributed by atoms with E-state index in [1.54, 1.807) is 47.5 Å². The predicted molar refractivity (Wildman–Crippen MR) is 127 cm³/mol. The van der Waals surface area contributed by atoms with Gasteiger partial charge in [0.15, 0.2) is 5.82 Å². The summed E-state index contributed by atoms with van der Waals surface area (Å²) in [7, 11) is 3.87. The molecule has 1 aromatic heterocycles. The fourth-order valence-corrected chi connectivity index (χ4v) is 3.57. The summed E-state index contributed by atoms with van der Waals surface area (Å²) >= 11 is 5.92. The minimum absolute atomic E-state index is 0.0758. The van der Waals surface area contributed by atoms with Crippen LogP contribution in [0.1, 0.15) is 6.42 Å². The molecular formula is C23H23ClN6O2. The molecule has 1 unspecified atom stereocenters. The maximum Gasteiger partial charge on any atom is 0.229 e. The van der Waals surface area contributed by atoms with Crippen molar-refractivity contribution in [3.05, 3.63) is 65.8 Å². The third kappa shape index (κ3) is 4.97. The van der Waals surface area contributed by atoms with Crippen molar-refractivity contribution < 1.29 is 9.59 Å². The van der Waals surface area contributed by atoms with Crippen molar-refractivity contribution in [3.63, 3.8) is 0 Å². The first-order valence-corrected chi connectivity index (χ1v) is 10.5. The summed E-state index contributed by atoms with van der Waals surface area (Å²) in [6, 6.07) is 16.2. The number of halogens is 1. The highest BCUT2D eigenvalue weighted by Crippen LogP contribution is 2.27. The summed E-state index contributed by atoms with van der Waals surface area (Å²) in [4.78, 5) is 28.7. The summed E-state index contributed by atoms with van der Waals surface area (Å²) in [6.07, 6.45) is 1.86. The van der Waals surface area contributed by atoms with Crippen LogP contribution in [0.25, 0.3) is 0 Å². The van der Waals surface area contributed by atoms with Crippen LogP contribution in [0.2, 0.25) is 5.02 Å². The Bertz CT molecular complexity index is 1120. The molecule has 8 nitrogen and oxygen atoms in total. The first kappa shape index (κ1) is 21.6. The molecular weight excluding hydrogens is 428 g/mol. The number of hydrogen-bond donors (Lipinski definition) is 2. The molecule has 9 heteroatoms. The van der Waals surface area contributed by atoms with Gasteiger partial charge in [-0.15, -0.1) is 5.10 Å². The maximum atomic E-state index is 12.7. The van der Waals surface area contributed by atoms with Gasteiger partial charge in [-0.05, 0) is 48.5 Å². The molecule has 1 atom stereocenters. The number of hydrogen-bond acceptors (Lipinski definition) is 6. The zero-order chi connectivity index (χ0) is 22.7. The number of anilines is 5. The molecule has 4 rings (SSSR count). The van der Waals surface area contributed by atoms with E-state index in [-0.39, 0.29) is 18.2 Å². The lowest BCUT2D eigenvalue weighted by molar-refractivity contribution is -0.122. The van der Waals surface area contributed by atoms with Crippen LogP contribution in [0, 0.1) is 5.92 Å². The summed E-state index contributed by atoms with van der Waals surface area (Å²) in [5.74, 6) is -0.0482. The van der Waals surface area contributed by atoms with Gasteiger partial charge in [-0.1, -0.05) is 11.6 Å². The molecule has 1 aliphatic rings. The summed E-state index contributed by atoms with van der Waals surface area (Å²) in [5.41, 5.74) is 3.15. The van der Waals surface area contributed by atoms with Crippen LogP contribution < -0.4 is 20.4 Å². The van der Waals surface area contributed by atoms with Gasteiger partial charge in [-0.25, -0.2) is 0 Å². The van der Waals surface area contributed by atoms with Crippen LogP contribution >= 0.6 is 11.6 Å². The molecule has 2 amide bonds. The molecule has 0 radical (unpaired) electrons. The maximum absolute atomic E-state index is 12.7. The Kier molecular flexibility index (Phi) is 6.23. The van der Waals surface area contributed by atoms with Gasteiger partial charge in [0.05, 0.1) is 17.8 Å². The third-order valence-electron chi connectivity index (χ3n) is 5.22. The van der Waals surface area contributed by atoms with E-state index in [2.05, 4.69) is 20.8 Å². The van der Waals surface area contributed by atoms with E-state index in [0.717, 1.165) is 17.1 Å². The molecule has 3 aromatic rings. The highest BCUT2D eigenvalue weighted by molar-refractivity contribution is 6.30. The van der Waals surface area contributed by atoms with E-state index in [1.807, 2.05) is 37.2 Å². The van der Waals surface area contributed by atoms with E-state index in [4.69, 9.17) is 11.6 Å². The second kappa shape index (κ2) is 9.23. The van der Waals surface area contributed by atoms with E-state index in [0.29, 0.717) is 23.1 Å². The summed E-state index contributed by atoms with van der Waals surface area (Å²) in [6.45, 7) is 0.340. The number of nitrogens with one attached hydrogen (secondary N) is 2. The van der Waals surface area contributed by atoms with Crippen molar-refractivity contribution in [2.75, 3.05) is 41.1 Å². The highest BCUT2D eigenvalue weighted by Gasteiger charge is 2.35. The minimum Gasteiger partial charge on any atom is -0.376 e. The van der Waals surface area contributed by atoms with Gasteiger partial charge in [0.25, 0.3) is 0 Å². The largest absolute Gasteiger partial charge is 0.376 e. The third-order valence-corrected chi connectivity index (χ3v) is 5.47. The quantitative estimate of drug-likeness (QED) is 0.591. The summed E-state index contributed by atoms with van der Waals surface area (Å²) < 4.78 is 0. The second-order valence-electron chi connectivity index (χ2n) is 7.77. The fraction of sp³-hybridized carbons (Fsp3) is 0.217. The Labute approximate surface area is 191 Å². The van der Waals surface area contributed by atoms with Crippen molar-refractivity contribution >= 4 is 52.0 Å². The molecule has 1 aliphatic heterocycles. The topological polar surface area (TPSA) is 90.5 Å². The first-order valence-electron chi connectivity index (χ1n) is 10.1. The van der Waals surface area contributed by atoms with Crippen LogP contribution in [0.15, 0.2) is 60.8 Å². The Hall–Kier alpha value is -3.65. The molecule has 0 aliphatic carbocycles. The van der Waals surface area contributed by atoms with Crippen molar-refractivity contribution in [2.45, 2.75) is 6.42 Å². The smallest absolute Gasteiger partial charge is 0.229 e. The van der Waals surface area contributed by atoms with Gasteiger partial charge in [0.1, 0.15) is 0 Å². The number of nitrogens with zero attached hydrogens (tertiary/aromatic N) is 4.